The molecule has 0 bridgehead atoms. The van der Waals surface area contributed by atoms with Crippen molar-refractivity contribution in [2.45, 2.75) is 45.4 Å². The van der Waals surface area contributed by atoms with Crippen LogP contribution in [-0.4, -0.2) is 44.3 Å². The first kappa shape index (κ1) is 20.7. The van der Waals surface area contributed by atoms with Crippen LogP contribution in [0.25, 0.3) is 0 Å². The van der Waals surface area contributed by atoms with Crippen LogP contribution >= 0.6 is 23.4 Å². The molecular weight excluding hydrogens is 370 g/mol. The number of halogens is 1. The number of anilines is 1. The fourth-order valence-electron chi connectivity index (χ4n) is 2.65. The quantitative estimate of drug-likeness (QED) is 0.540. The third kappa shape index (κ3) is 5.99. The zero-order valence-corrected chi connectivity index (χ0v) is 17.0. The number of rotatable bonds is 10. The van der Waals surface area contributed by atoms with Gasteiger partial charge in [-0.3, -0.25) is 4.90 Å². The fraction of sp³-hybridized carbons (Fsp3) is 0.556. The molecule has 2 rings (SSSR count). The van der Waals surface area contributed by atoms with Crippen molar-refractivity contribution in [3.05, 3.63) is 35.5 Å². The molecule has 6 nitrogen and oxygen atoms in total. The second-order valence-electron chi connectivity index (χ2n) is 6.10. The van der Waals surface area contributed by atoms with Gasteiger partial charge < -0.3 is 0 Å². The van der Waals surface area contributed by atoms with Crippen molar-refractivity contribution in [2.75, 3.05) is 23.5 Å². The number of carbonyl (C=O) groups excluding carboxylic acids is 1. The van der Waals surface area contributed by atoms with Crippen molar-refractivity contribution in [1.82, 2.24) is 19.7 Å². The Labute approximate surface area is 164 Å². The van der Waals surface area contributed by atoms with Gasteiger partial charge in [-0.1, -0.05) is 37.3 Å². The standard InChI is InChI=1S/C18H26ClN5OS/c1-15-16(19)17(21-14-20-15)23(18(25)24-12-9-10-22-24)11-7-5-3-4-6-8-13-26-2/h9-10,12,14H,3-8,11,13H2,1-2H3. The van der Waals surface area contributed by atoms with Crippen LogP contribution in [0.15, 0.2) is 24.8 Å². The Morgan fingerprint density at radius 2 is 1.92 bits per heavy atom. The number of unbranched alkanes of at least 4 members (excludes halogenated alkanes) is 5. The molecule has 0 radical (unpaired) electrons. The van der Waals surface area contributed by atoms with Crippen molar-refractivity contribution < 1.29 is 4.79 Å². The van der Waals surface area contributed by atoms with Crippen LogP contribution in [0, 0.1) is 6.92 Å². The Balaban J connectivity index is 1.96. The molecule has 2 heterocycles. The lowest BCUT2D eigenvalue weighted by Crippen LogP contribution is -2.37. The van der Waals surface area contributed by atoms with Gasteiger partial charge in [0.1, 0.15) is 11.3 Å². The number of aromatic nitrogens is 4. The average Bonchev–Trinajstić information content (AvgIpc) is 3.17. The molecule has 0 fully saturated rings. The summed E-state index contributed by atoms with van der Waals surface area (Å²) in [7, 11) is 0. The molecule has 26 heavy (non-hydrogen) atoms. The Kier molecular flexibility index (Phi) is 8.91. The number of amides is 1. The van der Waals surface area contributed by atoms with E-state index in [2.05, 4.69) is 21.3 Å². The summed E-state index contributed by atoms with van der Waals surface area (Å²) in [6.07, 6.45) is 13.7. The second kappa shape index (κ2) is 11.2. The first-order valence-electron chi connectivity index (χ1n) is 8.92. The lowest BCUT2D eigenvalue weighted by Gasteiger charge is -2.22. The van der Waals surface area contributed by atoms with E-state index in [1.807, 2.05) is 11.8 Å². The van der Waals surface area contributed by atoms with Crippen LogP contribution < -0.4 is 4.90 Å². The first-order valence-corrected chi connectivity index (χ1v) is 10.7. The Morgan fingerprint density at radius 3 is 2.62 bits per heavy atom. The van der Waals surface area contributed by atoms with Crippen LogP contribution in [-0.2, 0) is 0 Å². The van der Waals surface area contributed by atoms with E-state index >= 15 is 0 Å². The van der Waals surface area contributed by atoms with E-state index in [-0.39, 0.29) is 6.03 Å². The van der Waals surface area contributed by atoms with Crippen LogP contribution in [0.2, 0.25) is 5.02 Å². The Hall–Kier alpha value is -1.60. The van der Waals surface area contributed by atoms with Gasteiger partial charge in [0.15, 0.2) is 5.82 Å². The van der Waals surface area contributed by atoms with E-state index < -0.39 is 0 Å². The third-order valence-electron chi connectivity index (χ3n) is 4.11. The molecule has 0 aromatic carbocycles. The minimum Gasteiger partial charge on any atom is -0.275 e. The van der Waals surface area contributed by atoms with Gasteiger partial charge in [-0.25, -0.2) is 14.8 Å². The molecule has 0 atom stereocenters. The van der Waals surface area contributed by atoms with Crippen LogP contribution in [0.1, 0.15) is 44.2 Å². The van der Waals surface area contributed by atoms with Gasteiger partial charge in [0.05, 0.1) is 5.69 Å². The highest BCUT2D eigenvalue weighted by Crippen LogP contribution is 2.26. The molecule has 0 saturated carbocycles. The number of aryl methyl sites for hydroxylation is 1. The normalized spacial score (nSPS) is 10.9. The number of thioether (sulfide) groups is 1. The highest BCUT2D eigenvalue weighted by atomic mass is 35.5. The minimum absolute atomic E-state index is 0.255. The summed E-state index contributed by atoms with van der Waals surface area (Å²) in [6, 6.07) is 1.47. The largest absolute Gasteiger partial charge is 0.350 e. The van der Waals surface area contributed by atoms with Crippen molar-refractivity contribution in [3.63, 3.8) is 0 Å². The van der Waals surface area contributed by atoms with Gasteiger partial charge in [-0.2, -0.15) is 21.5 Å². The maximum atomic E-state index is 12.8. The molecule has 0 saturated heterocycles. The molecule has 0 aliphatic carbocycles. The molecule has 2 aromatic rings. The second-order valence-corrected chi connectivity index (χ2v) is 7.46. The van der Waals surface area contributed by atoms with Crippen molar-refractivity contribution in [1.29, 1.82) is 0 Å². The summed E-state index contributed by atoms with van der Waals surface area (Å²) in [4.78, 5) is 22.7. The van der Waals surface area contributed by atoms with E-state index in [0.29, 0.717) is 23.1 Å². The highest BCUT2D eigenvalue weighted by molar-refractivity contribution is 7.98. The maximum Gasteiger partial charge on any atom is 0.350 e. The van der Waals surface area contributed by atoms with E-state index in [1.165, 1.54) is 42.4 Å². The average molecular weight is 396 g/mol. The maximum absolute atomic E-state index is 12.8. The smallest absolute Gasteiger partial charge is 0.275 e. The molecule has 0 spiro atoms. The summed E-state index contributed by atoms with van der Waals surface area (Å²) in [5.41, 5.74) is 0.656. The predicted molar refractivity (Wildman–Crippen MR) is 108 cm³/mol. The van der Waals surface area contributed by atoms with Crippen molar-refractivity contribution in [3.8, 4) is 0 Å². The lowest BCUT2D eigenvalue weighted by molar-refractivity contribution is 0.244. The predicted octanol–water partition coefficient (Wildman–Crippen LogP) is 4.81. The Bertz CT molecular complexity index is 680. The zero-order chi connectivity index (χ0) is 18.8. The Morgan fingerprint density at radius 1 is 1.19 bits per heavy atom. The van der Waals surface area contributed by atoms with E-state index in [1.54, 1.807) is 30.3 Å². The molecular formula is C18H26ClN5OS. The number of nitrogens with zero attached hydrogens (tertiary/aromatic N) is 5. The summed E-state index contributed by atoms with van der Waals surface area (Å²) >= 11 is 8.25. The van der Waals surface area contributed by atoms with Crippen molar-refractivity contribution in [2.24, 2.45) is 0 Å². The highest BCUT2D eigenvalue weighted by Gasteiger charge is 2.22. The molecule has 1 amide bonds. The molecule has 0 aliphatic heterocycles. The number of carbonyl (C=O) groups is 1. The molecule has 0 N–H and O–H groups in total. The summed E-state index contributed by atoms with van der Waals surface area (Å²) in [5.74, 6) is 1.68. The monoisotopic (exact) mass is 395 g/mol. The molecule has 8 heteroatoms. The van der Waals surface area contributed by atoms with Crippen LogP contribution in [0.4, 0.5) is 10.6 Å². The van der Waals surface area contributed by atoms with E-state index in [0.717, 1.165) is 12.8 Å². The minimum atomic E-state index is -0.255. The zero-order valence-electron chi connectivity index (χ0n) is 15.4. The van der Waals surface area contributed by atoms with E-state index in [9.17, 15) is 4.79 Å². The van der Waals surface area contributed by atoms with Gasteiger partial charge >= 0.3 is 6.03 Å². The summed E-state index contributed by atoms with van der Waals surface area (Å²) in [5, 5.41) is 4.45. The fourth-order valence-corrected chi connectivity index (χ4v) is 3.35. The van der Waals surface area contributed by atoms with Gasteiger partial charge in [-0.05, 0) is 37.8 Å². The van der Waals surface area contributed by atoms with Crippen LogP contribution in [0.3, 0.4) is 0 Å². The summed E-state index contributed by atoms with van der Waals surface area (Å²) in [6.45, 7) is 2.36. The molecule has 0 aliphatic rings. The molecule has 142 valence electrons. The van der Waals surface area contributed by atoms with Gasteiger partial charge in [-0.15, -0.1) is 0 Å². The summed E-state index contributed by atoms with van der Waals surface area (Å²) < 4.78 is 1.30. The molecule has 2 aromatic heterocycles. The van der Waals surface area contributed by atoms with Crippen LogP contribution in [0.5, 0.6) is 0 Å². The topological polar surface area (TPSA) is 63.9 Å². The van der Waals surface area contributed by atoms with Gasteiger partial charge in [0.2, 0.25) is 0 Å². The van der Waals surface area contributed by atoms with Gasteiger partial charge in [0.25, 0.3) is 0 Å². The van der Waals surface area contributed by atoms with Crippen molar-refractivity contribution >= 4 is 35.2 Å². The number of hydrogen-bond donors (Lipinski definition) is 0. The van der Waals surface area contributed by atoms with E-state index in [4.69, 9.17) is 11.6 Å². The van der Waals surface area contributed by atoms with Gasteiger partial charge in [0, 0.05) is 18.9 Å². The first-order chi connectivity index (χ1) is 12.6. The molecule has 0 unspecified atom stereocenters. The lowest BCUT2D eigenvalue weighted by atomic mass is 10.1. The SMILES string of the molecule is CSCCCCCCCCN(C(=O)n1cccn1)c1ncnc(C)c1Cl. The number of hydrogen-bond acceptors (Lipinski definition) is 5. The third-order valence-corrected chi connectivity index (χ3v) is 5.25.